The van der Waals surface area contributed by atoms with Crippen LogP contribution in [0.2, 0.25) is 0 Å². The quantitative estimate of drug-likeness (QED) is 0.588. The first-order valence-electron chi connectivity index (χ1n) is 7.12. The Kier molecular flexibility index (Phi) is 7.25. The second-order valence-electron chi connectivity index (χ2n) is 4.90. The summed E-state index contributed by atoms with van der Waals surface area (Å²) in [4.78, 5) is 34.6. The van der Waals surface area contributed by atoms with Crippen molar-refractivity contribution in [2.24, 2.45) is 11.7 Å². The van der Waals surface area contributed by atoms with Crippen LogP contribution in [-0.2, 0) is 23.9 Å². The predicted molar refractivity (Wildman–Crippen MR) is 79.7 cm³/mol. The van der Waals surface area contributed by atoms with Crippen LogP contribution in [0.15, 0.2) is 18.2 Å². The number of esters is 2. The van der Waals surface area contributed by atoms with Gasteiger partial charge >= 0.3 is 17.8 Å². The molecule has 0 aromatic heterocycles. The lowest BCUT2D eigenvalue weighted by atomic mass is 10.0. The Labute approximate surface area is 137 Å². The van der Waals surface area contributed by atoms with E-state index in [2.05, 4.69) is 4.74 Å². The number of nitrogens with one attached hydrogen (secondary N) is 1. The molecule has 0 fully saturated rings. The van der Waals surface area contributed by atoms with E-state index >= 15 is 0 Å². The van der Waals surface area contributed by atoms with Crippen molar-refractivity contribution >= 4 is 23.5 Å². The number of hydrogen-bond acceptors (Lipinski definition) is 6. The van der Waals surface area contributed by atoms with E-state index in [9.17, 15) is 23.2 Å². The standard InChI is InChI=1S/C15H18F2N2O5/c1-3-23-14(21)11(18)8(2)7-24-15(22)13(20)19-12-9(16)5-4-6-10(12)17/h4-6,8,11H,3,7,18H2,1-2H3,(H,19,20)/t8-,11-/m0/s1. The number of carbonyl (C=O) groups excluding carboxylic acids is 3. The lowest BCUT2D eigenvalue weighted by Crippen LogP contribution is -2.41. The summed E-state index contributed by atoms with van der Waals surface area (Å²) >= 11 is 0. The number of para-hydroxylation sites is 1. The Bertz CT molecular complexity index is 604. The molecule has 2 atom stereocenters. The topological polar surface area (TPSA) is 108 Å². The first-order chi connectivity index (χ1) is 11.3. The molecule has 0 saturated heterocycles. The summed E-state index contributed by atoms with van der Waals surface area (Å²) in [7, 11) is 0. The average molecular weight is 344 g/mol. The third-order valence-electron chi connectivity index (χ3n) is 3.04. The van der Waals surface area contributed by atoms with Crippen molar-refractivity contribution in [2.75, 3.05) is 18.5 Å². The molecule has 0 aliphatic carbocycles. The monoisotopic (exact) mass is 344 g/mol. The molecule has 0 heterocycles. The van der Waals surface area contributed by atoms with Crippen LogP contribution < -0.4 is 11.1 Å². The normalized spacial score (nSPS) is 12.9. The van der Waals surface area contributed by atoms with Crippen molar-refractivity contribution in [1.82, 2.24) is 0 Å². The zero-order valence-corrected chi connectivity index (χ0v) is 13.2. The number of nitrogens with two attached hydrogens (primary N) is 1. The number of hydrogen-bond donors (Lipinski definition) is 2. The Morgan fingerprint density at radius 3 is 2.33 bits per heavy atom. The van der Waals surface area contributed by atoms with Crippen molar-refractivity contribution in [2.45, 2.75) is 19.9 Å². The lowest BCUT2D eigenvalue weighted by molar-refractivity contribution is -0.155. The van der Waals surface area contributed by atoms with Gasteiger partial charge in [-0.2, -0.15) is 0 Å². The molecular weight excluding hydrogens is 326 g/mol. The summed E-state index contributed by atoms with van der Waals surface area (Å²) < 4.78 is 36.2. The van der Waals surface area contributed by atoms with Gasteiger partial charge in [-0.15, -0.1) is 0 Å². The van der Waals surface area contributed by atoms with Gasteiger partial charge in [-0.3, -0.25) is 9.59 Å². The van der Waals surface area contributed by atoms with Gasteiger partial charge < -0.3 is 20.5 Å². The molecule has 0 aliphatic heterocycles. The van der Waals surface area contributed by atoms with E-state index in [4.69, 9.17) is 10.5 Å². The minimum Gasteiger partial charge on any atom is -0.465 e. The van der Waals surface area contributed by atoms with Gasteiger partial charge in [0.05, 0.1) is 13.2 Å². The van der Waals surface area contributed by atoms with E-state index in [1.54, 1.807) is 12.2 Å². The van der Waals surface area contributed by atoms with E-state index in [-0.39, 0.29) is 13.2 Å². The summed E-state index contributed by atoms with van der Waals surface area (Å²) in [5.41, 5.74) is 4.85. The molecule has 1 amide bonds. The molecule has 0 spiro atoms. The van der Waals surface area contributed by atoms with Crippen molar-refractivity contribution in [3.63, 3.8) is 0 Å². The van der Waals surface area contributed by atoms with E-state index in [0.29, 0.717) is 0 Å². The van der Waals surface area contributed by atoms with Crippen LogP contribution in [0.4, 0.5) is 14.5 Å². The fraction of sp³-hybridized carbons (Fsp3) is 0.400. The van der Waals surface area contributed by atoms with Crippen molar-refractivity contribution in [3.8, 4) is 0 Å². The van der Waals surface area contributed by atoms with E-state index in [1.807, 2.05) is 0 Å². The fourth-order valence-corrected chi connectivity index (χ4v) is 1.63. The molecule has 1 rings (SSSR count). The van der Waals surface area contributed by atoms with Crippen LogP contribution in [0.1, 0.15) is 13.8 Å². The molecule has 0 bridgehead atoms. The molecule has 7 nitrogen and oxygen atoms in total. The highest BCUT2D eigenvalue weighted by atomic mass is 19.1. The molecular formula is C15H18F2N2O5. The Morgan fingerprint density at radius 2 is 1.79 bits per heavy atom. The van der Waals surface area contributed by atoms with E-state index in [1.165, 1.54) is 6.92 Å². The molecule has 0 radical (unpaired) electrons. The second-order valence-corrected chi connectivity index (χ2v) is 4.90. The molecule has 0 saturated carbocycles. The number of benzene rings is 1. The number of halogens is 2. The van der Waals surface area contributed by atoms with Gasteiger partial charge in [0.2, 0.25) is 0 Å². The smallest absolute Gasteiger partial charge is 0.397 e. The summed E-state index contributed by atoms with van der Waals surface area (Å²) in [5, 5.41) is 1.79. The van der Waals surface area contributed by atoms with Crippen molar-refractivity contribution in [3.05, 3.63) is 29.8 Å². The molecule has 132 valence electrons. The highest BCUT2D eigenvalue weighted by molar-refractivity contribution is 6.37. The van der Waals surface area contributed by atoms with Crippen LogP contribution in [0.25, 0.3) is 0 Å². The van der Waals surface area contributed by atoms with Gasteiger partial charge in [-0.1, -0.05) is 13.0 Å². The maximum absolute atomic E-state index is 13.4. The molecule has 0 aliphatic rings. The number of rotatable bonds is 6. The predicted octanol–water partition coefficient (Wildman–Crippen LogP) is 0.973. The highest BCUT2D eigenvalue weighted by Crippen LogP contribution is 2.17. The first-order valence-corrected chi connectivity index (χ1v) is 7.12. The molecule has 9 heteroatoms. The summed E-state index contributed by atoms with van der Waals surface area (Å²) in [6.07, 6.45) is 0. The first kappa shape index (κ1) is 19.5. The minimum absolute atomic E-state index is 0.148. The third kappa shape index (κ3) is 5.27. The van der Waals surface area contributed by atoms with Crippen molar-refractivity contribution in [1.29, 1.82) is 0 Å². The Balaban J connectivity index is 2.56. The van der Waals surface area contributed by atoms with E-state index < -0.39 is 47.1 Å². The largest absolute Gasteiger partial charge is 0.465 e. The van der Waals surface area contributed by atoms with Crippen molar-refractivity contribution < 1.29 is 32.6 Å². The zero-order valence-electron chi connectivity index (χ0n) is 13.2. The van der Waals surface area contributed by atoms with Crippen LogP contribution in [-0.4, -0.2) is 37.1 Å². The van der Waals surface area contributed by atoms with Gasteiger partial charge in [-0.25, -0.2) is 13.6 Å². The molecule has 1 aromatic rings. The van der Waals surface area contributed by atoms with Gasteiger partial charge in [0.25, 0.3) is 0 Å². The summed E-state index contributed by atoms with van der Waals surface area (Å²) in [6.45, 7) is 2.94. The molecule has 0 unspecified atom stereocenters. The number of amides is 1. The Hall–Kier alpha value is -2.55. The van der Waals surface area contributed by atoms with Gasteiger partial charge in [0.15, 0.2) is 0 Å². The fourth-order valence-electron chi connectivity index (χ4n) is 1.63. The summed E-state index contributed by atoms with van der Waals surface area (Å²) in [5.74, 6) is -6.07. The molecule has 1 aromatic carbocycles. The highest BCUT2D eigenvalue weighted by Gasteiger charge is 2.25. The maximum atomic E-state index is 13.4. The van der Waals surface area contributed by atoms with Gasteiger partial charge in [-0.05, 0) is 19.1 Å². The van der Waals surface area contributed by atoms with Crippen LogP contribution in [0, 0.1) is 17.6 Å². The lowest BCUT2D eigenvalue weighted by Gasteiger charge is -2.18. The zero-order chi connectivity index (χ0) is 18.3. The maximum Gasteiger partial charge on any atom is 0.397 e. The number of anilines is 1. The SMILES string of the molecule is CCOC(=O)[C@@H](N)[C@@H](C)COC(=O)C(=O)Nc1c(F)cccc1F. The molecule has 3 N–H and O–H groups in total. The minimum atomic E-state index is -1.36. The van der Waals surface area contributed by atoms with Gasteiger partial charge in [0, 0.05) is 5.92 Å². The van der Waals surface area contributed by atoms with Gasteiger partial charge in [0.1, 0.15) is 23.4 Å². The summed E-state index contributed by atoms with van der Waals surface area (Å²) in [6, 6.07) is 1.91. The third-order valence-corrected chi connectivity index (χ3v) is 3.04. The number of carbonyl (C=O) groups is 3. The van der Waals surface area contributed by atoms with Crippen LogP contribution in [0.3, 0.4) is 0 Å². The average Bonchev–Trinajstić information content (AvgIpc) is 2.55. The number of ether oxygens (including phenoxy) is 2. The van der Waals surface area contributed by atoms with Crippen LogP contribution in [0.5, 0.6) is 0 Å². The Morgan fingerprint density at radius 1 is 1.21 bits per heavy atom. The van der Waals surface area contributed by atoms with E-state index in [0.717, 1.165) is 18.2 Å². The second kappa shape index (κ2) is 8.92. The van der Waals surface area contributed by atoms with Crippen LogP contribution >= 0.6 is 0 Å². The molecule has 24 heavy (non-hydrogen) atoms.